The fraction of sp³-hybridized carbons (Fsp3) is 0.219. The first-order valence-corrected chi connectivity index (χ1v) is 13.2. The number of likely N-dealkylation sites (tertiary alicyclic amines) is 1. The molecule has 3 aromatic rings. The zero-order chi connectivity index (χ0) is 30.0. The highest BCUT2D eigenvalue weighted by Gasteiger charge is 2.69. The predicted molar refractivity (Wildman–Crippen MR) is 151 cm³/mol. The molecule has 42 heavy (non-hydrogen) atoms. The first-order chi connectivity index (χ1) is 20.1. The number of hydrogen-bond donors (Lipinski definition) is 3. The second kappa shape index (κ2) is 11.4. The second-order valence-corrected chi connectivity index (χ2v) is 10.3. The van der Waals surface area contributed by atoms with Crippen molar-refractivity contribution >= 4 is 41.9 Å². The third kappa shape index (κ3) is 5.19. The number of rotatable bonds is 9. The standard InChI is InChI=1S/C32H28N2O8/c1-42-30(39)23-15-11-21(12-16-23)18-34-28(37)25-26(29(34)38)32(31(40)41,17-24(35)36)33-27(25)22-13-9-20(10-14-22)8-7-19-5-3-2-4-6-19/h2-16,25-27,33H,17-18H2,1H3,(H,35,36)(H,40,41)/b8-7+. The summed E-state index contributed by atoms with van der Waals surface area (Å²) in [4.78, 5) is 64.7. The number of carboxylic acids is 2. The van der Waals surface area contributed by atoms with Gasteiger partial charge < -0.3 is 14.9 Å². The van der Waals surface area contributed by atoms with Gasteiger partial charge in [-0.15, -0.1) is 0 Å². The molecular formula is C32H28N2O8. The molecule has 214 valence electrons. The van der Waals surface area contributed by atoms with Gasteiger partial charge in [-0.3, -0.25) is 29.4 Å². The lowest BCUT2D eigenvalue weighted by molar-refractivity contribution is -0.156. The van der Waals surface area contributed by atoms with E-state index in [2.05, 4.69) is 5.32 Å². The zero-order valence-electron chi connectivity index (χ0n) is 22.6. The second-order valence-electron chi connectivity index (χ2n) is 10.3. The van der Waals surface area contributed by atoms with Gasteiger partial charge in [0.2, 0.25) is 11.8 Å². The molecule has 2 amide bonds. The highest BCUT2D eigenvalue weighted by molar-refractivity contribution is 6.10. The Kier molecular flexibility index (Phi) is 7.73. The summed E-state index contributed by atoms with van der Waals surface area (Å²) in [5.41, 5.74) is 1.05. The van der Waals surface area contributed by atoms with E-state index in [4.69, 9.17) is 4.74 Å². The van der Waals surface area contributed by atoms with Crippen molar-refractivity contribution in [3.05, 3.63) is 107 Å². The van der Waals surface area contributed by atoms with Crippen LogP contribution in [0.5, 0.6) is 0 Å². The van der Waals surface area contributed by atoms with Crippen molar-refractivity contribution in [1.82, 2.24) is 10.2 Å². The minimum atomic E-state index is -2.19. The number of carboxylic acid groups (broad SMARTS) is 2. The molecule has 5 rings (SSSR count). The maximum atomic E-state index is 13.8. The number of nitrogens with one attached hydrogen (secondary N) is 1. The summed E-state index contributed by atoms with van der Waals surface area (Å²) in [6, 6.07) is 22.0. The fourth-order valence-corrected chi connectivity index (χ4v) is 5.80. The van der Waals surface area contributed by atoms with Crippen LogP contribution >= 0.6 is 0 Å². The molecule has 10 heteroatoms. The Balaban J connectivity index is 1.46. The molecule has 10 nitrogen and oxygen atoms in total. The number of benzene rings is 3. The van der Waals surface area contributed by atoms with Crippen LogP contribution in [0.4, 0.5) is 0 Å². The van der Waals surface area contributed by atoms with Crippen LogP contribution in [0.3, 0.4) is 0 Å². The summed E-state index contributed by atoms with van der Waals surface area (Å²) < 4.78 is 4.69. The molecule has 2 aliphatic rings. The van der Waals surface area contributed by atoms with E-state index in [0.717, 1.165) is 16.0 Å². The minimum Gasteiger partial charge on any atom is -0.481 e. The highest BCUT2D eigenvalue weighted by Crippen LogP contribution is 2.50. The van der Waals surface area contributed by atoms with Gasteiger partial charge in [-0.2, -0.15) is 0 Å². The predicted octanol–water partition coefficient (Wildman–Crippen LogP) is 3.39. The molecule has 3 aromatic carbocycles. The molecular weight excluding hydrogens is 540 g/mol. The summed E-state index contributed by atoms with van der Waals surface area (Å²) in [6.07, 6.45) is 2.96. The zero-order valence-corrected chi connectivity index (χ0v) is 22.6. The quantitative estimate of drug-likeness (QED) is 0.201. The Hall–Kier alpha value is -5.09. The summed E-state index contributed by atoms with van der Waals surface area (Å²) in [7, 11) is 1.25. The molecule has 2 aliphatic heterocycles. The van der Waals surface area contributed by atoms with E-state index in [1.807, 2.05) is 54.6 Å². The van der Waals surface area contributed by atoms with Crippen LogP contribution in [0, 0.1) is 11.8 Å². The maximum Gasteiger partial charge on any atom is 0.337 e. The van der Waals surface area contributed by atoms with Crippen LogP contribution in [0.25, 0.3) is 12.2 Å². The van der Waals surface area contributed by atoms with E-state index in [1.54, 1.807) is 24.3 Å². The van der Waals surface area contributed by atoms with Crippen molar-refractivity contribution in [2.24, 2.45) is 11.8 Å². The van der Waals surface area contributed by atoms with E-state index >= 15 is 0 Å². The molecule has 0 aliphatic carbocycles. The number of carbonyl (C=O) groups is 5. The van der Waals surface area contributed by atoms with Crippen LogP contribution < -0.4 is 5.32 Å². The Labute approximate surface area is 241 Å². The number of fused-ring (bicyclic) bond motifs is 1. The van der Waals surface area contributed by atoms with Crippen LogP contribution in [-0.2, 0) is 30.5 Å². The summed E-state index contributed by atoms with van der Waals surface area (Å²) >= 11 is 0. The van der Waals surface area contributed by atoms with Crippen molar-refractivity contribution in [2.75, 3.05) is 7.11 Å². The van der Waals surface area contributed by atoms with Gasteiger partial charge in [0, 0.05) is 6.04 Å². The van der Waals surface area contributed by atoms with Gasteiger partial charge >= 0.3 is 17.9 Å². The van der Waals surface area contributed by atoms with Crippen molar-refractivity contribution in [1.29, 1.82) is 0 Å². The third-order valence-corrected chi connectivity index (χ3v) is 7.84. The number of amides is 2. The monoisotopic (exact) mass is 568 g/mol. The number of hydrogen-bond acceptors (Lipinski definition) is 7. The van der Waals surface area contributed by atoms with Gasteiger partial charge in [0.1, 0.15) is 5.54 Å². The molecule has 0 aromatic heterocycles. The largest absolute Gasteiger partial charge is 0.481 e. The lowest BCUT2D eigenvalue weighted by Gasteiger charge is -2.29. The van der Waals surface area contributed by atoms with Gasteiger partial charge in [-0.25, -0.2) is 4.79 Å². The normalized spacial score (nSPS) is 23.3. The van der Waals surface area contributed by atoms with Gasteiger partial charge in [0.25, 0.3) is 0 Å². The number of nitrogens with zero attached hydrogens (tertiary/aromatic N) is 1. The number of ether oxygens (including phenoxy) is 1. The third-order valence-electron chi connectivity index (χ3n) is 7.84. The van der Waals surface area contributed by atoms with Crippen molar-refractivity contribution in [3.8, 4) is 0 Å². The number of esters is 1. The van der Waals surface area contributed by atoms with E-state index < -0.39 is 59.6 Å². The lowest BCUT2D eigenvalue weighted by Crippen LogP contribution is -2.56. The molecule has 3 N–H and O–H groups in total. The minimum absolute atomic E-state index is 0.162. The lowest BCUT2D eigenvalue weighted by atomic mass is 9.77. The van der Waals surface area contributed by atoms with Crippen LogP contribution in [0.1, 0.15) is 45.1 Å². The highest BCUT2D eigenvalue weighted by atomic mass is 16.5. The average Bonchev–Trinajstić information content (AvgIpc) is 3.46. The molecule has 0 saturated carbocycles. The summed E-state index contributed by atoms with van der Waals surface area (Å²) in [6.45, 7) is -0.162. The fourth-order valence-electron chi connectivity index (χ4n) is 5.80. The molecule has 0 radical (unpaired) electrons. The Morgan fingerprint density at radius 1 is 0.881 bits per heavy atom. The van der Waals surface area contributed by atoms with Gasteiger partial charge in [0.15, 0.2) is 0 Å². The first kappa shape index (κ1) is 28.4. The summed E-state index contributed by atoms with van der Waals surface area (Å²) in [5.74, 6) is -7.40. The number of methoxy groups -OCH3 is 1. The molecule has 0 bridgehead atoms. The smallest absolute Gasteiger partial charge is 0.337 e. The Bertz CT molecular complexity index is 1570. The van der Waals surface area contributed by atoms with E-state index in [1.165, 1.54) is 19.2 Å². The molecule has 4 atom stereocenters. The van der Waals surface area contributed by atoms with Crippen molar-refractivity contribution in [3.63, 3.8) is 0 Å². The van der Waals surface area contributed by atoms with Gasteiger partial charge in [-0.05, 0) is 34.4 Å². The molecule has 4 unspecified atom stereocenters. The maximum absolute atomic E-state index is 13.8. The van der Waals surface area contributed by atoms with E-state index in [-0.39, 0.29) is 12.1 Å². The van der Waals surface area contributed by atoms with Crippen LogP contribution in [0.15, 0.2) is 78.9 Å². The SMILES string of the molecule is COC(=O)c1ccc(CN2C(=O)C3C(c4ccc(/C=C/c5ccccc5)cc4)NC(CC(=O)O)(C(=O)O)C3C2=O)cc1. The molecule has 0 spiro atoms. The van der Waals surface area contributed by atoms with Crippen LogP contribution in [-0.4, -0.2) is 57.5 Å². The van der Waals surface area contributed by atoms with Crippen molar-refractivity contribution < 1.29 is 38.9 Å². The first-order valence-electron chi connectivity index (χ1n) is 13.2. The topological polar surface area (TPSA) is 150 Å². The number of aliphatic carboxylic acids is 2. The van der Waals surface area contributed by atoms with Gasteiger partial charge in [0.05, 0.1) is 37.5 Å². The molecule has 2 heterocycles. The molecule has 2 saturated heterocycles. The van der Waals surface area contributed by atoms with E-state index in [9.17, 15) is 34.2 Å². The summed E-state index contributed by atoms with van der Waals surface area (Å²) in [5, 5.41) is 22.8. The Morgan fingerprint density at radius 2 is 1.50 bits per heavy atom. The number of carbonyl (C=O) groups excluding carboxylic acids is 3. The Morgan fingerprint density at radius 3 is 2.07 bits per heavy atom. The number of imide groups is 1. The van der Waals surface area contributed by atoms with Gasteiger partial charge in [-0.1, -0.05) is 78.9 Å². The molecule has 2 fully saturated rings. The van der Waals surface area contributed by atoms with Crippen molar-refractivity contribution in [2.45, 2.75) is 24.5 Å². The van der Waals surface area contributed by atoms with E-state index in [0.29, 0.717) is 11.1 Å². The van der Waals surface area contributed by atoms with Crippen LogP contribution in [0.2, 0.25) is 0 Å². The average molecular weight is 569 g/mol.